The van der Waals surface area contributed by atoms with Gasteiger partial charge in [-0.3, -0.25) is 9.59 Å². The second-order valence-corrected chi connectivity index (χ2v) is 9.23. The van der Waals surface area contributed by atoms with E-state index in [-0.39, 0.29) is 49.1 Å². The Morgan fingerprint density at radius 3 is 2.67 bits per heavy atom. The summed E-state index contributed by atoms with van der Waals surface area (Å²) in [4.78, 5) is 39.5. The summed E-state index contributed by atoms with van der Waals surface area (Å²) in [6.45, 7) is 3.29. The van der Waals surface area contributed by atoms with Gasteiger partial charge in [-0.15, -0.1) is 0 Å². The molecule has 4 amide bonds. The van der Waals surface area contributed by atoms with E-state index in [0.717, 1.165) is 12.0 Å². The van der Waals surface area contributed by atoms with Crippen LogP contribution in [0.2, 0.25) is 0 Å². The highest BCUT2D eigenvalue weighted by Gasteiger charge is 2.39. The summed E-state index contributed by atoms with van der Waals surface area (Å²) in [6, 6.07) is 14.3. The third-order valence-electron chi connectivity index (χ3n) is 6.55. The summed E-state index contributed by atoms with van der Waals surface area (Å²) in [6.07, 6.45) is 1.90. The zero-order valence-corrected chi connectivity index (χ0v) is 20.8. The Balaban J connectivity index is 1.37. The minimum absolute atomic E-state index is 0.0631. The number of fused-ring (bicyclic) bond motifs is 2. The molecule has 2 aromatic rings. The molecule has 2 aliphatic rings. The van der Waals surface area contributed by atoms with Gasteiger partial charge in [0, 0.05) is 25.8 Å². The van der Waals surface area contributed by atoms with Gasteiger partial charge < -0.3 is 30.3 Å². The van der Waals surface area contributed by atoms with Crippen LogP contribution in [0.3, 0.4) is 0 Å². The van der Waals surface area contributed by atoms with Crippen LogP contribution < -0.4 is 20.7 Å². The molecule has 9 heteroatoms. The van der Waals surface area contributed by atoms with Crippen molar-refractivity contribution in [3.05, 3.63) is 59.7 Å². The van der Waals surface area contributed by atoms with E-state index in [9.17, 15) is 14.4 Å². The van der Waals surface area contributed by atoms with Crippen LogP contribution in [0.1, 0.15) is 48.5 Å². The van der Waals surface area contributed by atoms with Crippen molar-refractivity contribution < 1.29 is 23.9 Å². The van der Waals surface area contributed by atoms with Crippen molar-refractivity contribution in [1.82, 2.24) is 15.5 Å². The molecule has 0 aliphatic carbocycles. The number of hydrogen-bond donors (Lipinski definition) is 3. The minimum Gasteiger partial charge on any atom is -0.490 e. The van der Waals surface area contributed by atoms with Crippen LogP contribution in [0, 0.1) is 0 Å². The number of carbonyl (C=O) groups excluding carboxylic acids is 3. The van der Waals surface area contributed by atoms with E-state index >= 15 is 0 Å². The molecule has 0 spiro atoms. The molecule has 36 heavy (non-hydrogen) atoms. The maximum atomic E-state index is 13.3. The topological polar surface area (TPSA) is 109 Å². The highest BCUT2D eigenvalue weighted by Crippen LogP contribution is 2.32. The van der Waals surface area contributed by atoms with Gasteiger partial charge in [0.15, 0.2) is 0 Å². The first kappa shape index (κ1) is 25.5. The van der Waals surface area contributed by atoms with Gasteiger partial charge in [-0.05, 0) is 43.0 Å². The summed E-state index contributed by atoms with van der Waals surface area (Å²) in [5, 5.41) is 8.46. The molecule has 1 saturated heterocycles. The van der Waals surface area contributed by atoms with Crippen LogP contribution in [0.15, 0.2) is 48.5 Å². The third-order valence-corrected chi connectivity index (χ3v) is 6.55. The number of nitrogens with one attached hydrogen (secondary N) is 3. The number of benzene rings is 2. The summed E-state index contributed by atoms with van der Waals surface area (Å²) >= 11 is 0. The van der Waals surface area contributed by atoms with E-state index in [0.29, 0.717) is 42.9 Å². The van der Waals surface area contributed by atoms with Crippen LogP contribution in [-0.4, -0.2) is 61.2 Å². The Morgan fingerprint density at radius 2 is 1.89 bits per heavy atom. The number of anilines is 1. The number of amides is 4. The Kier molecular flexibility index (Phi) is 8.43. The largest absolute Gasteiger partial charge is 0.490 e. The van der Waals surface area contributed by atoms with E-state index in [1.54, 1.807) is 30.1 Å². The van der Waals surface area contributed by atoms with Crippen LogP contribution in [-0.2, 0) is 16.1 Å². The molecule has 0 aromatic heterocycles. The van der Waals surface area contributed by atoms with E-state index in [1.165, 1.54) is 0 Å². The van der Waals surface area contributed by atoms with Crippen LogP contribution in [0.25, 0.3) is 0 Å². The second-order valence-electron chi connectivity index (χ2n) is 9.23. The van der Waals surface area contributed by atoms with Gasteiger partial charge in [-0.25, -0.2) is 4.79 Å². The van der Waals surface area contributed by atoms with E-state index in [1.807, 2.05) is 37.3 Å². The highest BCUT2D eigenvalue weighted by molar-refractivity contribution is 5.99. The molecule has 0 bridgehead atoms. The zero-order chi connectivity index (χ0) is 25.5. The molecular weight excluding hydrogens is 460 g/mol. The van der Waals surface area contributed by atoms with Gasteiger partial charge in [-0.1, -0.05) is 37.3 Å². The Labute approximate surface area is 211 Å². The average molecular weight is 495 g/mol. The fourth-order valence-electron chi connectivity index (χ4n) is 4.59. The van der Waals surface area contributed by atoms with Gasteiger partial charge in [0.2, 0.25) is 5.91 Å². The maximum absolute atomic E-state index is 13.3. The molecular formula is C27H34N4O5. The number of urea groups is 1. The summed E-state index contributed by atoms with van der Waals surface area (Å²) in [5.74, 6) is 0.183. The molecule has 2 aliphatic heterocycles. The summed E-state index contributed by atoms with van der Waals surface area (Å²) < 4.78 is 12.3. The first-order chi connectivity index (χ1) is 17.4. The fraction of sp³-hybridized carbons (Fsp3) is 0.444. The van der Waals surface area contributed by atoms with Crippen molar-refractivity contribution in [3.63, 3.8) is 0 Å². The number of hydrogen-bond acceptors (Lipinski definition) is 5. The predicted octanol–water partition coefficient (Wildman–Crippen LogP) is 3.31. The standard InChI is InChI=1S/C27H34N4O5/c1-3-13-28-27(34)30-19-9-12-23-21(14-19)26(33)31(2)22-11-10-20(36-24(22)17-35-23)15-25(32)29-16-18-7-5-4-6-8-18/h4-9,12,14,20,22,24H,3,10-11,13,15-17H2,1-2H3,(H,29,32)(H2,28,30,34)/t20-,22-,24+/m1/s1. The Morgan fingerprint density at radius 1 is 1.08 bits per heavy atom. The summed E-state index contributed by atoms with van der Waals surface area (Å²) in [7, 11) is 1.76. The van der Waals surface area contributed by atoms with Crippen LogP contribution in [0.4, 0.5) is 10.5 Å². The predicted molar refractivity (Wildman–Crippen MR) is 136 cm³/mol. The Bertz CT molecular complexity index is 1080. The SMILES string of the molecule is CCCNC(=O)Nc1ccc2c(c1)C(=O)N(C)[C@@H]1CC[C@H](CC(=O)NCc3ccccc3)O[C@H]1CO2. The molecule has 0 radical (unpaired) electrons. The molecule has 3 N–H and O–H groups in total. The Hall–Kier alpha value is -3.59. The molecule has 9 nitrogen and oxygen atoms in total. The molecule has 4 rings (SSSR count). The van der Waals surface area contributed by atoms with Crippen molar-refractivity contribution >= 4 is 23.5 Å². The quantitative estimate of drug-likeness (QED) is 0.547. The monoisotopic (exact) mass is 494 g/mol. The normalized spacial score (nSPS) is 21.2. The molecule has 2 aromatic carbocycles. The van der Waals surface area contributed by atoms with Crippen LogP contribution in [0.5, 0.6) is 5.75 Å². The molecule has 2 heterocycles. The van der Waals surface area contributed by atoms with E-state index in [4.69, 9.17) is 9.47 Å². The molecule has 0 unspecified atom stereocenters. The van der Waals surface area contributed by atoms with Crippen molar-refractivity contribution in [2.45, 2.75) is 57.4 Å². The number of ether oxygens (including phenoxy) is 2. The third kappa shape index (κ3) is 6.34. The molecule has 192 valence electrons. The number of nitrogens with zero attached hydrogens (tertiary/aromatic N) is 1. The van der Waals surface area contributed by atoms with E-state index < -0.39 is 0 Å². The van der Waals surface area contributed by atoms with E-state index in [2.05, 4.69) is 16.0 Å². The van der Waals surface area contributed by atoms with Crippen molar-refractivity contribution in [1.29, 1.82) is 0 Å². The smallest absolute Gasteiger partial charge is 0.319 e. The second kappa shape index (κ2) is 11.9. The average Bonchev–Trinajstić information content (AvgIpc) is 2.89. The lowest BCUT2D eigenvalue weighted by Gasteiger charge is -2.42. The van der Waals surface area contributed by atoms with Crippen molar-refractivity contribution in [3.8, 4) is 5.75 Å². The number of rotatable bonds is 7. The van der Waals surface area contributed by atoms with Crippen LogP contribution >= 0.6 is 0 Å². The minimum atomic E-state index is -0.342. The van der Waals surface area contributed by atoms with Crippen molar-refractivity contribution in [2.24, 2.45) is 0 Å². The lowest BCUT2D eigenvalue weighted by atomic mass is 9.94. The lowest BCUT2D eigenvalue weighted by molar-refractivity contribution is -0.134. The molecule has 3 atom stereocenters. The molecule has 1 fully saturated rings. The first-order valence-electron chi connectivity index (χ1n) is 12.5. The highest BCUT2D eigenvalue weighted by atomic mass is 16.5. The first-order valence-corrected chi connectivity index (χ1v) is 12.5. The number of carbonyl (C=O) groups is 3. The van der Waals surface area contributed by atoms with Gasteiger partial charge >= 0.3 is 6.03 Å². The zero-order valence-electron chi connectivity index (χ0n) is 20.8. The molecule has 0 saturated carbocycles. The maximum Gasteiger partial charge on any atom is 0.319 e. The van der Waals surface area contributed by atoms with Crippen molar-refractivity contribution in [2.75, 3.05) is 25.5 Å². The van der Waals surface area contributed by atoms with Gasteiger partial charge in [-0.2, -0.15) is 0 Å². The van der Waals surface area contributed by atoms with Gasteiger partial charge in [0.1, 0.15) is 18.5 Å². The lowest BCUT2D eigenvalue weighted by Crippen LogP contribution is -2.53. The fourth-order valence-corrected chi connectivity index (χ4v) is 4.59. The summed E-state index contributed by atoms with van der Waals surface area (Å²) in [5.41, 5.74) is 1.96. The number of likely N-dealkylation sites (N-methyl/N-ethyl adjacent to an activating group) is 1. The van der Waals surface area contributed by atoms with Gasteiger partial charge in [0.25, 0.3) is 5.91 Å². The van der Waals surface area contributed by atoms with Gasteiger partial charge in [0.05, 0.1) is 24.1 Å².